The van der Waals surface area contributed by atoms with E-state index in [4.69, 9.17) is 14.2 Å². The minimum Gasteiger partial charge on any atom is -0.497 e. The molecule has 0 bridgehead atoms. The number of fused-ring (bicyclic) bond motifs is 1. The summed E-state index contributed by atoms with van der Waals surface area (Å²) in [6.45, 7) is -0.308. The molecule has 1 aliphatic carbocycles. The first kappa shape index (κ1) is 18.0. The molecule has 1 aliphatic rings. The lowest BCUT2D eigenvalue weighted by atomic mass is 9.90. The van der Waals surface area contributed by atoms with Gasteiger partial charge >= 0.3 is 5.97 Å². The fourth-order valence-corrected chi connectivity index (χ4v) is 3.17. The van der Waals surface area contributed by atoms with E-state index in [1.165, 1.54) is 37.8 Å². The van der Waals surface area contributed by atoms with Crippen LogP contribution in [0.3, 0.4) is 0 Å². The number of benzene rings is 2. The largest absolute Gasteiger partial charge is 0.497 e. The number of hydrogen-bond donors (Lipinski definition) is 0. The third-order valence-corrected chi connectivity index (χ3v) is 4.63. The van der Waals surface area contributed by atoms with Gasteiger partial charge in [0.1, 0.15) is 17.1 Å². The normalized spacial score (nSPS) is 12.8. The van der Waals surface area contributed by atoms with Crippen molar-refractivity contribution in [1.82, 2.24) is 0 Å². The first-order valence-electron chi connectivity index (χ1n) is 8.66. The van der Waals surface area contributed by atoms with Gasteiger partial charge in [-0.15, -0.1) is 0 Å². The maximum absolute atomic E-state index is 12.4. The molecule has 26 heavy (non-hydrogen) atoms. The highest BCUT2D eigenvalue weighted by atomic mass is 16.5. The van der Waals surface area contributed by atoms with E-state index in [1.807, 2.05) is 18.2 Å². The van der Waals surface area contributed by atoms with Crippen LogP contribution in [0.25, 0.3) is 0 Å². The molecular formula is C21H22O5. The van der Waals surface area contributed by atoms with Crippen LogP contribution in [0, 0.1) is 0 Å². The van der Waals surface area contributed by atoms with Gasteiger partial charge in [0.05, 0.1) is 14.2 Å². The van der Waals surface area contributed by atoms with E-state index in [0.717, 1.165) is 19.3 Å². The summed E-state index contributed by atoms with van der Waals surface area (Å²) in [7, 11) is 2.98. The Kier molecular flexibility index (Phi) is 5.56. The summed E-state index contributed by atoms with van der Waals surface area (Å²) in [5.74, 6) is 0.0523. The second kappa shape index (κ2) is 8.04. The van der Waals surface area contributed by atoms with Crippen molar-refractivity contribution >= 4 is 11.8 Å². The quantitative estimate of drug-likeness (QED) is 0.586. The molecule has 0 N–H and O–H groups in total. The molecule has 5 heteroatoms. The van der Waals surface area contributed by atoms with Gasteiger partial charge in [-0.05, 0) is 61.1 Å². The summed E-state index contributed by atoms with van der Waals surface area (Å²) in [5.41, 5.74) is 3.34. The molecule has 0 saturated heterocycles. The fourth-order valence-electron chi connectivity index (χ4n) is 3.17. The zero-order valence-corrected chi connectivity index (χ0v) is 15.0. The van der Waals surface area contributed by atoms with Gasteiger partial charge in [0.2, 0.25) is 0 Å². The zero-order chi connectivity index (χ0) is 18.5. The SMILES string of the molecule is COc1ccc(OC)c(C(=O)OCC(=O)c2ccc3c(c2)CCCC3)c1. The van der Waals surface area contributed by atoms with Crippen molar-refractivity contribution in [2.24, 2.45) is 0 Å². The van der Waals surface area contributed by atoms with Gasteiger partial charge in [0, 0.05) is 5.56 Å². The van der Waals surface area contributed by atoms with Gasteiger partial charge in [-0.25, -0.2) is 4.79 Å². The Morgan fingerprint density at radius 1 is 0.923 bits per heavy atom. The number of rotatable bonds is 6. The van der Waals surface area contributed by atoms with E-state index < -0.39 is 5.97 Å². The van der Waals surface area contributed by atoms with Gasteiger partial charge in [0.25, 0.3) is 0 Å². The summed E-state index contributed by atoms with van der Waals surface area (Å²) in [6, 6.07) is 10.6. The summed E-state index contributed by atoms with van der Waals surface area (Å²) < 4.78 is 15.5. The maximum Gasteiger partial charge on any atom is 0.342 e. The van der Waals surface area contributed by atoms with E-state index in [-0.39, 0.29) is 18.0 Å². The van der Waals surface area contributed by atoms with Gasteiger partial charge in [-0.2, -0.15) is 0 Å². The molecule has 0 unspecified atom stereocenters. The van der Waals surface area contributed by atoms with Crippen molar-refractivity contribution in [2.45, 2.75) is 25.7 Å². The minimum absolute atomic E-state index is 0.214. The van der Waals surface area contributed by atoms with Crippen molar-refractivity contribution in [3.63, 3.8) is 0 Å². The Balaban J connectivity index is 1.69. The molecule has 0 fully saturated rings. The Morgan fingerprint density at radius 2 is 1.69 bits per heavy atom. The Bertz CT molecular complexity index is 825. The Morgan fingerprint density at radius 3 is 2.42 bits per heavy atom. The number of hydrogen-bond acceptors (Lipinski definition) is 5. The molecule has 0 spiro atoms. The second-order valence-corrected chi connectivity index (χ2v) is 6.26. The summed E-state index contributed by atoms with van der Waals surface area (Å²) in [5, 5.41) is 0. The molecule has 2 aromatic carbocycles. The van der Waals surface area contributed by atoms with Crippen molar-refractivity contribution < 1.29 is 23.8 Å². The third-order valence-electron chi connectivity index (χ3n) is 4.63. The molecule has 3 rings (SSSR count). The van der Waals surface area contributed by atoms with Crippen LogP contribution in [0.2, 0.25) is 0 Å². The van der Waals surface area contributed by atoms with Gasteiger partial charge in [-0.1, -0.05) is 12.1 Å². The molecule has 5 nitrogen and oxygen atoms in total. The van der Waals surface area contributed by atoms with Crippen molar-refractivity contribution in [3.05, 3.63) is 58.7 Å². The van der Waals surface area contributed by atoms with Crippen molar-refractivity contribution in [3.8, 4) is 11.5 Å². The smallest absolute Gasteiger partial charge is 0.342 e. The molecule has 0 amide bonds. The molecule has 0 heterocycles. The van der Waals surface area contributed by atoms with Crippen LogP contribution in [-0.4, -0.2) is 32.6 Å². The van der Waals surface area contributed by atoms with Crippen molar-refractivity contribution in [1.29, 1.82) is 0 Å². The van der Waals surface area contributed by atoms with Gasteiger partial charge < -0.3 is 14.2 Å². The fraction of sp³-hybridized carbons (Fsp3) is 0.333. The number of methoxy groups -OCH3 is 2. The van der Waals surface area contributed by atoms with E-state index >= 15 is 0 Å². The molecule has 0 radical (unpaired) electrons. The van der Waals surface area contributed by atoms with Crippen LogP contribution in [0.1, 0.15) is 44.7 Å². The number of esters is 1. The highest BCUT2D eigenvalue weighted by Crippen LogP contribution is 2.25. The first-order valence-corrected chi connectivity index (χ1v) is 8.66. The van der Waals surface area contributed by atoms with Crippen LogP contribution in [0.15, 0.2) is 36.4 Å². The van der Waals surface area contributed by atoms with Crippen molar-refractivity contribution in [2.75, 3.05) is 20.8 Å². The monoisotopic (exact) mass is 354 g/mol. The molecule has 2 aromatic rings. The highest BCUT2D eigenvalue weighted by Gasteiger charge is 2.18. The molecule has 0 atom stereocenters. The molecule has 0 aliphatic heterocycles. The highest BCUT2D eigenvalue weighted by molar-refractivity contribution is 6.00. The molecule has 0 saturated carbocycles. The number of carbonyl (C=O) groups excluding carboxylic acids is 2. The first-order chi connectivity index (χ1) is 12.6. The van der Waals surface area contributed by atoms with Gasteiger partial charge in [0.15, 0.2) is 12.4 Å². The lowest BCUT2D eigenvalue weighted by molar-refractivity contribution is 0.0471. The number of Topliss-reactive ketones (excluding diaryl/α,β-unsaturated/α-hetero) is 1. The molecule has 0 aromatic heterocycles. The number of aryl methyl sites for hydroxylation is 2. The number of ether oxygens (including phenoxy) is 3. The van der Waals surface area contributed by atoms with Crippen LogP contribution in [0.4, 0.5) is 0 Å². The topological polar surface area (TPSA) is 61.8 Å². The van der Waals surface area contributed by atoms with Crippen LogP contribution < -0.4 is 9.47 Å². The van der Waals surface area contributed by atoms with E-state index in [2.05, 4.69) is 0 Å². The average molecular weight is 354 g/mol. The maximum atomic E-state index is 12.4. The lowest BCUT2D eigenvalue weighted by Crippen LogP contribution is -2.16. The van der Waals surface area contributed by atoms with Crippen LogP contribution in [-0.2, 0) is 17.6 Å². The van der Waals surface area contributed by atoms with E-state index in [9.17, 15) is 9.59 Å². The zero-order valence-electron chi connectivity index (χ0n) is 15.0. The van der Waals surface area contributed by atoms with E-state index in [0.29, 0.717) is 17.1 Å². The predicted octanol–water partition coefficient (Wildman–Crippen LogP) is 3.62. The minimum atomic E-state index is -0.618. The number of carbonyl (C=O) groups is 2. The average Bonchev–Trinajstić information content (AvgIpc) is 2.70. The Labute approximate surface area is 152 Å². The van der Waals surface area contributed by atoms with E-state index in [1.54, 1.807) is 12.1 Å². The van der Waals surface area contributed by atoms with Gasteiger partial charge in [-0.3, -0.25) is 4.79 Å². The summed E-state index contributed by atoms with van der Waals surface area (Å²) >= 11 is 0. The lowest BCUT2D eigenvalue weighted by Gasteiger charge is -2.16. The Hall–Kier alpha value is -2.82. The number of ketones is 1. The predicted molar refractivity (Wildman–Crippen MR) is 97.2 cm³/mol. The van der Waals surface area contributed by atoms with Crippen LogP contribution in [0.5, 0.6) is 11.5 Å². The summed E-state index contributed by atoms with van der Waals surface area (Å²) in [6.07, 6.45) is 4.40. The standard InChI is InChI=1S/C21H22O5/c1-24-17-9-10-20(25-2)18(12-17)21(23)26-13-19(22)16-8-7-14-5-3-4-6-15(14)11-16/h7-12H,3-6,13H2,1-2H3. The second-order valence-electron chi connectivity index (χ2n) is 6.26. The summed E-state index contributed by atoms with van der Waals surface area (Å²) in [4.78, 5) is 24.8. The molecular weight excluding hydrogens is 332 g/mol. The van der Waals surface area contributed by atoms with Crippen LogP contribution >= 0.6 is 0 Å². The molecule has 136 valence electrons. The third kappa shape index (κ3) is 3.87.